The molecule has 0 saturated heterocycles. The van der Waals surface area contributed by atoms with Gasteiger partial charge in [0.2, 0.25) is 5.95 Å². The monoisotopic (exact) mass is 398 g/mol. The molecule has 0 fully saturated rings. The van der Waals surface area contributed by atoms with Gasteiger partial charge in [-0.2, -0.15) is 0 Å². The number of hydrogen-bond donors (Lipinski definition) is 2. The number of hydrogen-bond acceptors (Lipinski definition) is 6. The predicted molar refractivity (Wildman–Crippen MR) is 103 cm³/mol. The van der Waals surface area contributed by atoms with Gasteiger partial charge in [0.05, 0.1) is 4.90 Å². The first-order valence-corrected chi connectivity index (χ1v) is 9.55. The van der Waals surface area contributed by atoms with E-state index in [-0.39, 0.29) is 16.6 Å². The fraction of sp³-hybridized carbons (Fsp3) is 0. The first-order chi connectivity index (χ1) is 13.4. The number of nitrogens with one attached hydrogen (secondary N) is 2. The molecule has 2 N–H and O–H groups in total. The van der Waals surface area contributed by atoms with Crippen LogP contribution in [0.25, 0.3) is 0 Å². The topological polar surface area (TPSA) is 101 Å². The van der Waals surface area contributed by atoms with Gasteiger partial charge in [0.15, 0.2) is 5.78 Å². The lowest BCUT2D eigenvalue weighted by atomic mass is 10.1. The zero-order valence-electron chi connectivity index (χ0n) is 14.4. The van der Waals surface area contributed by atoms with Crippen molar-refractivity contribution in [2.75, 3.05) is 10.0 Å². The van der Waals surface area contributed by atoms with E-state index in [4.69, 9.17) is 0 Å². The Morgan fingerprint density at radius 3 is 2.25 bits per heavy atom. The predicted octanol–water partition coefficient (Wildman–Crippen LogP) is 3.23. The highest BCUT2D eigenvalue weighted by Gasteiger charge is 2.15. The fourth-order valence-electron chi connectivity index (χ4n) is 2.19. The van der Waals surface area contributed by atoms with Crippen LogP contribution in [-0.4, -0.2) is 24.2 Å². The van der Waals surface area contributed by atoms with E-state index in [9.17, 15) is 17.6 Å². The second-order valence-corrected chi connectivity index (χ2v) is 7.23. The maximum Gasteiger partial charge on any atom is 0.264 e. The van der Waals surface area contributed by atoms with Crippen LogP contribution in [0.1, 0.15) is 10.4 Å². The molecule has 0 spiro atoms. The molecule has 1 heterocycles. The number of carbonyl (C=O) groups is 1. The molecule has 3 rings (SSSR count). The highest BCUT2D eigenvalue weighted by molar-refractivity contribution is 7.92. The minimum Gasteiger partial charge on any atom is -0.362 e. The van der Waals surface area contributed by atoms with Gasteiger partial charge >= 0.3 is 0 Å². The number of anilines is 2. The lowest BCUT2D eigenvalue weighted by Gasteiger charge is -2.07. The van der Waals surface area contributed by atoms with Crippen LogP contribution in [0.3, 0.4) is 0 Å². The van der Waals surface area contributed by atoms with E-state index >= 15 is 0 Å². The van der Waals surface area contributed by atoms with E-state index in [1.165, 1.54) is 61.1 Å². The van der Waals surface area contributed by atoms with Gasteiger partial charge < -0.3 is 5.32 Å². The number of allylic oxidation sites excluding steroid dienone is 1. The third-order valence-corrected chi connectivity index (χ3v) is 4.91. The number of benzene rings is 2. The molecule has 1 aromatic heterocycles. The molecule has 0 amide bonds. The van der Waals surface area contributed by atoms with Gasteiger partial charge in [0.1, 0.15) is 5.82 Å². The molecule has 0 bridgehead atoms. The summed E-state index contributed by atoms with van der Waals surface area (Å²) in [6, 6.07) is 12.7. The highest BCUT2D eigenvalue weighted by Crippen LogP contribution is 2.16. The van der Waals surface area contributed by atoms with Crippen molar-refractivity contribution in [2.45, 2.75) is 4.90 Å². The van der Waals surface area contributed by atoms with Crippen molar-refractivity contribution < 1.29 is 17.6 Å². The molecule has 0 unspecified atom stereocenters. The van der Waals surface area contributed by atoms with E-state index in [1.54, 1.807) is 18.2 Å². The van der Waals surface area contributed by atoms with Gasteiger partial charge in [-0.3, -0.25) is 4.79 Å². The third-order valence-electron chi connectivity index (χ3n) is 3.57. The summed E-state index contributed by atoms with van der Waals surface area (Å²) in [5, 5.41) is 2.87. The zero-order valence-corrected chi connectivity index (χ0v) is 15.2. The van der Waals surface area contributed by atoms with Crippen LogP contribution in [0, 0.1) is 5.82 Å². The molecule has 28 heavy (non-hydrogen) atoms. The molecular formula is C19H15FN4O3S. The van der Waals surface area contributed by atoms with Crippen molar-refractivity contribution >= 4 is 27.4 Å². The van der Waals surface area contributed by atoms with Crippen LogP contribution >= 0.6 is 0 Å². The van der Waals surface area contributed by atoms with Crippen molar-refractivity contribution in [1.29, 1.82) is 0 Å². The minimum absolute atomic E-state index is 0.0214. The van der Waals surface area contributed by atoms with Gasteiger partial charge in [-0.1, -0.05) is 0 Å². The molecule has 0 aliphatic heterocycles. The number of rotatable bonds is 7. The number of sulfonamides is 1. The summed E-state index contributed by atoms with van der Waals surface area (Å²) in [7, 11) is -3.81. The lowest BCUT2D eigenvalue weighted by molar-refractivity contribution is 0.104. The fourth-order valence-corrected chi connectivity index (χ4v) is 3.14. The van der Waals surface area contributed by atoms with Crippen LogP contribution in [0.5, 0.6) is 0 Å². The van der Waals surface area contributed by atoms with Crippen molar-refractivity contribution in [3.8, 4) is 0 Å². The number of carbonyl (C=O) groups excluding carboxylic acids is 1. The Kier molecular flexibility index (Phi) is 5.75. The van der Waals surface area contributed by atoms with E-state index in [2.05, 4.69) is 20.0 Å². The van der Waals surface area contributed by atoms with Gasteiger partial charge in [0.25, 0.3) is 10.0 Å². The standard InChI is InChI=1S/C19H15FN4O3S/c20-15-4-2-14(3-5-15)18(25)10-13-21-16-6-8-17(9-7-16)28(26,27)24-19-22-11-1-12-23-19/h1-13,21H,(H,22,23,24). The summed E-state index contributed by atoms with van der Waals surface area (Å²) < 4.78 is 39.7. The van der Waals surface area contributed by atoms with Crippen LogP contribution in [0.2, 0.25) is 0 Å². The molecular weight excluding hydrogens is 383 g/mol. The Labute approximate surface area is 161 Å². The first-order valence-electron chi connectivity index (χ1n) is 8.07. The third kappa shape index (κ3) is 4.98. The molecule has 0 radical (unpaired) electrons. The summed E-state index contributed by atoms with van der Waals surface area (Å²) >= 11 is 0. The first kappa shape index (κ1) is 19.2. The molecule has 3 aromatic rings. The normalized spacial score (nSPS) is 11.3. The Balaban J connectivity index is 1.62. The average molecular weight is 398 g/mol. The zero-order chi connectivity index (χ0) is 20.0. The van der Waals surface area contributed by atoms with Gasteiger partial charge in [-0.05, 0) is 54.6 Å². The molecule has 0 aliphatic rings. The summed E-state index contributed by atoms with van der Waals surface area (Å²) in [5.41, 5.74) is 0.938. The summed E-state index contributed by atoms with van der Waals surface area (Å²) in [4.78, 5) is 19.6. The van der Waals surface area contributed by atoms with E-state index in [0.717, 1.165) is 0 Å². The Morgan fingerprint density at radius 2 is 1.61 bits per heavy atom. The van der Waals surface area contributed by atoms with Gasteiger partial charge in [-0.15, -0.1) is 0 Å². The van der Waals surface area contributed by atoms with Gasteiger partial charge in [-0.25, -0.2) is 27.5 Å². The molecule has 7 nitrogen and oxygen atoms in total. The largest absolute Gasteiger partial charge is 0.362 e. The van der Waals surface area contributed by atoms with Crippen molar-refractivity contribution in [3.63, 3.8) is 0 Å². The minimum atomic E-state index is -3.81. The quantitative estimate of drug-likeness (QED) is 0.468. The maximum absolute atomic E-state index is 12.9. The second kappa shape index (κ2) is 8.40. The smallest absolute Gasteiger partial charge is 0.264 e. The van der Waals surface area contributed by atoms with Crippen molar-refractivity contribution in [1.82, 2.24) is 9.97 Å². The summed E-state index contributed by atoms with van der Waals surface area (Å²) in [6.45, 7) is 0. The summed E-state index contributed by atoms with van der Waals surface area (Å²) in [6.07, 6.45) is 5.58. The molecule has 0 saturated carbocycles. The van der Waals surface area contributed by atoms with Crippen LogP contribution in [0.15, 0.2) is 84.2 Å². The Bertz CT molecular complexity index is 1080. The second-order valence-electron chi connectivity index (χ2n) is 5.55. The van der Waals surface area contributed by atoms with E-state index < -0.39 is 15.8 Å². The number of aromatic nitrogens is 2. The van der Waals surface area contributed by atoms with Crippen molar-refractivity contribution in [2.24, 2.45) is 0 Å². The van der Waals surface area contributed by atoms with Crippen LogP contribution in [-0.2, 0) is 10.0 Å². The number of halogens is 1. The highest BCUT2D eigenvalue weighted by atomic mass is 32.2. The Hall–Kier alpha value is -3.59. The average Bonchev–Trinajstić information content (AvgIpc) is 2.69. The number of nitrogens with zero attached hydrogens (tertiary/aromatic N) is 2. The van der Waals surface area contributed by atoms with E-state index in [1.807, 2.05) is 0 Å². The Morgan fingerprint density at radius 1 is 0.964 bits per heavy atom. The van der Waals surface area contributed by atoms with Crippen molar-refractivity contribution in [3.05, 3.63) is 90.6 Å². The van der Waals surface area contributed by atoms with Crippen LogP contribution in [0.4, 0.5) is 16.0 Å². The SMILES string of the molecule is O=C(C=CNc1ccc(S(=O)(=O)Nc2ncccn2)cc1)c1ccc(F)cc1. The molecule has 9 heteroatoms. The summed E-state index contributed by atoms with van der Waals surface area (Å²) in [5.74, 6) is -0.729. The lowest BCUT2D eigenvalue weighted by Crippen LogP contribution is -2.14. The maximum atomic E-state index is 12.9. The van der Waals surface area contributed by atoms with E-state index in [0.29, 0.717) is 11.3 Å². The molecule has 2 aromatic carbocycles. The van der Waals surface area contributed by atoms with Gasteiger partial charge in [0, 0.05) is 35.9 Å². The molecule has 0 atom stereocenters. The van der Waals surface area contributed by atoms with Crippen LogP contribution < -0.4 is 10.0 Å². The number of ketones is 1. The molecule has 0 aliphatic carbocycles. The molecule has 142 valence electrons.